The summed E-state index contributed by atoms with van der Waals surface area (Å²) >= 11 is -2.01. The number of hydrogen-bond acceptors (Lipinski definition) is 6. The fourth-order valence-corrected chi connectivity index (χ4v) is 1.84. The van der Waals surface area contributed by atoms with E-state index in [2.05, 4.69) is 20.3 Å². The zero-order valence-electron chi connectivity index (χ0n) is 9.44. The minimum absolute atomic E-state index is 0.120. The Morgan fingerprint density at radius 2 is 2.06 bits per heavy atom. The molecule has 1 heterocycles. The summed E-state index contributed by atoms with van der Waals surface area (Å²) in [5.74, 6) is 0.574. The van der Waals surface area contributed by atoms with E-state index in [9.17, 15) is 8.76 Å². The first-order valence-electron chi connectivity index (χ1n) is 5.28. The van der Waals surface area contributed by atoms with Crippen LogP contribution in [-0.4, -0.2) is 29.5 Å². The van der Waals surface area contributed by atoms with Crippen LogP contribution in [0.1, 0.15) is 5.56 Å². The van der Waals surface area contributed by atoms with Gasteiger partial charge in [0, 0.05) is 11.4 Å². The van der Waals surface area contributed by atoms with Crippen LogP contribution in [0, 0.1) is 0 Å². The van der Waals surface area contributed by atoms with Crippen LogP contribution < -0.4 is 5.32 Å². The van der Waals surface area contributed by atoms with Gasteiger partial charge in [-0.05, 0) is 24.1 Å². The van der Waals surface area contributed by atoms with Gasteiger partial charge in [-0.25, -0.2) is 15.0 Å². The topological polar surface area (TPSA) is 90.8 Å². The number of benzene rings is 1. The number of nitrogens with zero attached hydrogens (tertiary/aromatic N) is 3. The lowest BCUT2D eigenvalue weighted by Crippen LogP contribution is -2.01. The Morgan fingerprint density at radius 3 is 2.78 bits per heavy atom. The van der Waals surface area contributed by atoms with Gasteiger partial charge in [0.1, 0.15) is 12.7 Å². The van der Waals surface area contributed by atoms with E-state index in [4.69, 9.17) is 0 Å². The zero-order valence-corrected chi connectivity index (χ0v) is 10.3. The molecule has 6 nitrogen and oxygen atoms in total. The number of hydrogen-bond donors (Lipinski definition) is 1. The number of anilines is 2. The maximum absolute atomic E-state index is 10.5. The summed E-state index contributed by atoms with van der Waals surface area (Å²) in [7, 11) is 0. The number of aromatic nitrogens is 3. The molecule has 1 atom stereocenters. The van der Waals surface area contributed by atoms with Gasteiger partial charge in [-0.1, -0.05) is 23.2 Å². The van der Waals surface area contributed by atoms with Crippen molar-refractivity contribution in [2.24, 2.45) is 0 Å². The predicted octanol–water partition coefficient (Wildman–Crippen LogP) is 1.04. The van der Waals surface area contributed by atoms with Gasteiger partial charge in [0.15, 0.2) is 0 Å². The quantitative estimate of drug-likeness (QED) is 0.810. The monoisotopic (exact) mass is 263 g/mol. The molecule has 0 saturated heterocycles. The molecule has 1 unspecified atom stereocenters. The third kappa shape index (κ3) is 3.86. The molecule has 0 aliphatic carbocycles. The van der Waals surface area contributed by atoms with E-state index in [-0.39, 0.29) is 5.75 Å². The summed E-state index contributed by atoms with van der Waals surface area (Å²) in [5.41, 5.74) is 1.76. The second kappa shape index (κ2) is 6.18. The van der Waals surface area contributed by atoms with Gasteiger partial charge in [0.05, 0.1) is 0 Å². The van der Waals surface area contributed by atoms with Gasteiger partial charge < -0.3 is 9.87 Å². The highest BCUT2D eigenvalue weighted by molar-refractivity contribution is 7.79. The molecule has 0 saturated carbocycles. The molecule has 0 amide bonds. The van der Waals surface area contributed by atoms with Crippen molar-refractivity contribution in [1.82, 2.24) is 15.0 Å². The molecule has 1 aromatic carbocycles. The van der Waals surface area contributed by atoms with Crippen molar-refractivity contribution >= 4 is 22.7 Å². The molecule has 0 aliphatic rings. The Bertz CT molecular complexity index is 536. The van der Waals surface area contributed by atoms with E-state index in [1.165, 1.54) is 12.7 Å². The van der Waals surface area contributed by atoms with Crippen LogP contribution >= 0.6 is 0 Å². The Morgan fingerprint density at radius 1 is 1.28 bits per heavy atom. The van der Waals surface area contributed by atoms with E-state index in [0.717, 1.165) is 11.3 Å². The van der Waals surface area contributed by atoms with Gasteiger partial charge in [-0.3, -0.25) is 4.21 Å². The molecular formula is C11H11N4O2S-. The van der Waals surface area contributed by atoms with Gasteiger partial charge in [-0.15, -0.1) is 0 Å². The van der Waals surface area contributed by atoms with Crippen LogP contribution in [0.15, 0.2) is 36.9 Å². The number of rotatable bonds is 5. The summed E-state index contributed by atoms with van der Waals surface area (Å²) in [4.78, 5) is 11.6. The van der Waals surface area contributed by atoms with Gasteiger partial charge in [0.25, 0.3) is 0 Å². The second-order valence-corrected chi connectivity index (χ2v) is 4.56. The molecule has 94 valence electrons. The average Bonchev–Trinajstić information content (AvgIpc) is 2.38. The van der Waals surface area contributed by atoms with E-state index < -0.39 is 11.1 Å². The lowest BCUT2D eigenvalue weighted by molar-refractivity contribution is 0.536. The lowest BCUT2D eigenvalue weighted by atomic mass is 10.1. The van der Waals surface area contributed by atoms with Crippen LogP contribution in [0.2, 0.25) is 0 Å². The molecule has 1 N–H and O–H groups in total. The van der Waals surface area contributed by atoms with Gasteiger partial charge in [-0.2, -0.15) is 0 Å². The lowest BCUT2D eigenvalue weighted by Gasteiger charge is -2.08. The first-order chi connectivity index (χ1) is 8.74. The number of nitrogens with one attached hydrogen (secondary N) is 1. The van der Waals surface area contributed by atoms with Crippen molar-refractivity contribution in [3.8, 4) is 0 Å². The number of aryl methyl sites for hydroxylation is 1. The maximum Gasteiger partial charge on any atom is 0.230 e. The van der Waals surface area contributed by atoms with Crippen LogP contribution in [0.3, 0.4) is 0 Å². The fraction of sp³-hybridized carbons (Fsp3) is 0.182. The third-order valence-corrected chi connectivity index (χ3v) is 2.77. The Hall–Kier alpha value is -1.86. The molecule has 0 bridgehead atoms. The highest BCUT2D eigenvalue weighted by Crippen LogP contribution is 2.14. The van der Waals surface area contributed by atoms with E-state index in [0.29, 0.717) is 12.4 Å². The molecular weight excluding hydrogens is 252 g/mol. The molecule has 2 rings (SSSR count). The minimum atomic E-state index is -2.01. The Labute approximate surface area is 107 Å². The smallest absolute Gasteiger partial charge is 0.230 e. The van der Waals surface area contributed by atoms with Gasteiger partial charge in [0.2, 0.25) is 5.95 Å². The Kier molecular flexibility index (Phi) is 4.32. The van der Waals surface area contributed by atoms with Crippen LogP contribution in [-0.2, 0) is 17.5 Å². The highest BCUT2D eigenvalue weighted by Gasteiger charge is 1.99. The summed E-state index contributed by atoms with van der Waals surface area (Å²) in [6, 6.07) is 7.47. The van der Waals surface area contributed by atoms with E-state index >= 15 is 0 Å². The van der Waals surface area contributed by atoms with E-state index in [1.54, 1.807) is 0 Å². The first kappa shape index (κ1) is 12.6. The molecule has 7 heteroatoms. The normalized spacial score (nSPS) is 12.1. The minimum Gasteiger partial charge on any atom is -0.772 e. The fourth-order valence-electron chi connectivity index (χ4n) is 1.44. The van der Waals surface area contributed by atoms with Crippen molar-refractivity contribution < 1.29 is 8.76 Å². The second-order valence-electron chi connectivity index (χ2n) is 3.55. The average molecular weight is 263 g/mol. The van der Waals surface area contributed by atoms with Crippen molar-refractivity contribution in [1.29, 1.82) is 0 Å². The Balaban J connectivity index is 2.05. The molecule has 1 aromatic heterocycles. The van der Waals surface area contributed by atoms with Crippen LogP contribution in [0.4, 0.5) is 11.6 Å². The SMILES string of the molecule is O=S([O-])CCc1cccc(Nc2ncncn2)c1. The van der Waals surface area contributed by atoms with Crippen molar-refractivity contribution in [3.05, 3.63) is 42.5 Å². The van der Waals surface area contributed by atoms with Gasteiger partial charge >= 0.3 is 0 Å². The maximum atomic E-state index is 10.5. The molecule has 18 heavy (non-hydrogen) atoms. The summed E-state index contributed by atoms with van der Waals surface area (Å²) in [5, 5.41) is 3.02. The predicted molar refractivity (Wildman–Crippen MR) is 67.0 cm³/mol. The summed E-state index contributed by atoms with van der Waals surface area (Å²) in [6.07, 6.45) is 3.29. The van der Waals surface area contributed by atoms with E-state index in [1.807, 2.05) is 24.3 Å². The van der Waals surface area contributed by atoms with Crippen LogP contribution in [0.5, 0.6) is 0 Å². The molecule has 0 radical (unpaired) electrons. The summed E-state index contributed by atoms with van der Waals surface area (Å²) < 4.78 is 21.0. The molecule has 2 aromatic rings. The largest absolute Gasteiger partial charge is 0.772 e. The zero-order chi connectivity index (χ0) is 12.8. The molecule has 0 aliphatic heterocycles. The van der Waals surface area contributed by atoms with Crippen molar-refractivity contribution in [3.63, 3.8) is 0 Å². The summed E-state index contributed by atoms with van der Waals surface area (Å²) in [6.45, 7) is 0. The first-order valence-corrected chi connectivity index (χ1v) is 6.52. The van der Waals surface area contributed by atoms with Crippen molar-refractivity contribution in [2.75, 3.05) is 11.1 Å². The molecule has 0 fully saturated rings. The third-order valence-electron chi connectivity index (χ3n) is 2.23. The van der Waals surface area contributed by atoms with Crippen LogP contribution in [0.25, 0.3) is 0 Å². The molecule has 0 spiro atoms. The standard InChI is InChI=1S/C11H12N4O2S/c16-18(17)5-4-9-2-1-3-10(6-9)15-11-13-7-12-8-14-11/h1-3,6-8H,4-5H2,(H,16,17)(H,12,13,14,15)/p-1. The highest BCUT2D eigenvalue weighted by atomic mass is 32.2. The van der Waals surface area contributed by atoms with Crippen molar-refractivity contribution in [2.45, 2.75) is 6.42 Å².